The summed E-state index contributed by atoms with van der Waals surface area (Å²) in [5.41, 5.74) is 3.42. The van der Waals surface area contributed by atoms with Gasteiger partial charge in [-0.25, -0.2) is 0 Å². The monoisotopic (exact) mass is 486 g/mol. The van der Waals surface area contributed by atoms with E-state index in [-0.39, 0.29) is 12.3 Å². The number of ketones is 1. The zero-order valence-corrected chi connectivity index (χ0v) is 19.6. The third-order valence-electron chi connectivity index (χ3n) is 5.64. The minimum atomic E-state index is -0.450. The number of para-hydroxylation sites is 1. The first-order valence-corrected chi connectivity index (χ1v) is 11.8. The van der Waals surface area contributed by atoms with Crippen LogP contribution in [0.2, 0.25) is 5.02 Å². The van der Waals surface area contributed by atoms with Crippen LogP contribution in [0.1, 0.15) is 21.5 Å². The number of imide groups is 1. The zero-order valence-electron chi connectivity index (χ0n) is 18.0. The van der Waals surface area contributed by atoms with Crippen molar-refractivity contribution in [3.63, 3.8) is 0 Å². The highest BCUT2D eigenvalue weighted by molar-refractivity contribution is 8.18. The quantitative estimate of drug-likeness (QED) is 0.238. The summed E-state index contributed by atoms with van der Waals surface area (Å²) in [6, 6.07) is 24.2. The number of carbonyl (C=O) groups excluding carboxylic acids is 3. The van der Waals surface area contributed by atoms with Crippen molar-refractivity contribution >= 4 is 57.3 Å². The maximum atomic E-state index is 13.0. The molecule has 168 valence electrons. The smallest absolute Gasteiger partial charge is 0.293 e. The van der Waals surface area contributed by atoms with E-state index in [9.17, 15) is 14.4 Å². The number of hydrogen-bond donors (Lipinski definition) is 0. The van der Waals surface area contributed by atoms with Gasteiger partial charge in [0.15, 0.2) is 5.78 Å². The molecule has 0 aliphatic carbocycles. The van der Waals surface area contributed by atoms with Gasteiger partial charge in [0.2, 0.25) is 0 Å². The number of fused-ring (bicyclic) bond motifs is 1. The molecule has 5 nitrogen and oxygen atoms in total. The van der Waals surface area contributed by atoms with Gasteiger partial charge in [-0.1, -0.05) is 72.3 Å². The predicted octanol–water partition coefficient (Wildman–Crippen LogP) is 6.26. The molecule has 1 aliphatic heterocycles. The Hall–Kier alpha value is -3.61. The molecule has 3 aromatic carbocycles. The molecule has 1 fully saturated rings. The highest BCUT2D eigenvalue weighted by Crippen LogP contribution is 2.34. The molecule has 1 aliphatic rings. The molecule has 2 heterocycles. The Morgan fingerprint density at radius 2 is 1.62 bits per heavy atom. The lowest BCUT2D eigenvalue weighted by Crippen LogP contribution is -2.33. The van der Waals surface area contributed by atoms with Crippen LogP contribution in [0.5, 0.6) is 0 Å². The van der Waals surface area contributed by atoms with E-state index in [0.717, 1.165) is 38.7 Å². The number of aromatic nitrogens is 1. The van der Waals surface area contributed by atoms with E-state index in [1.165, 1.54) is 0 Å². The lowest BCUT2D eigenvalue weighted by atomic mass is 10.1. The van der Waals surface area contributed by atoms with Gasteiger partial charge in [-0.15, -0.1) is 0 Å². The zero-order chi connectivity index (χ0) is 23.7. The Balaban J connectivity index is 1.43. The molecular weight excluding hydrogens is 468 g/mol. The second-order valence-electron chi connectivity index (χ2n) is 7.91. The standard InChI is InChI=1S/C27H19ClN2O3S/c28-21-12-10-18(11-13-21)15-29-16-20(22-8-4-5-9-23(22)29)14-25-26(32)30(27(33)34-25)17-24(31)19-6-2-1-3-7-19/h1-14,16H,15,17H2/b25-14-. The highest BCUT2D eigenvalue weighted by Gasteiger charge is 2.36. The Kier molecular flexibility index (Phi) is 6.09. The summed E-state index contributed by atoms with van der Waals surface area (Å²) in [4.78, 5) is 39.4. The van der Waals surface area contributed by atoms with Crippen molar-refractivity contribution in [2.75, 3.05) is 6.54 Å². The number of carbonyl (C=O) groups is 3. The van der Waals surface area contributed by atoms with Crippen LogP contribution in [0, 0.1) is 0 Å². The fourth-order valence-corrected chi connectivity index (χ4v) is 4.90. The lowest BCUT2D eigenvalue weighted by molar-refractivity contribution is -0.122. The van der Waals surface area contributed by atoms with Crippen LogP contribution in [0.15, 0.2) is 90.0 Å². The number of halogens is 1. The van der Waals surface area contributed by atoms with Crippen molar-refractivity contribution in [2.45, 2.75) is 6.54 Å². The Bertz CT molecular complexity index is 1440. The molecule has 0 N–H and O–H groups in total. The summed E-state index contributed by atoms with van der Waals surface area (Å²) >= 11 is 6.87. The van der Waals surface area contributed by atoms with E-state index in [1.54, 1.807) is 30.3 Å². The average molecular weight is 487 g/mol. The molecule has 2 amide bonds. The predicted molar refractivity (Wildman–Crippen MR) is 136 cm³/mol. The van der Waals surface area contributed by atoms with Crippen LogP contribution in [0.25, 0.3) is 17.0 Å². The van der Waals surface area contributed by atoms with Gasteiger partial charge in [0.1, 0.15) is 0 Å². The molecule has 0 radical (unpaired) electrons. The van der Waals surface area contributed by atoms with Crippen molar-refractivity contribution in [3.05, 3.63) is 112 Å². The molecule has 0 unspecified atom stereocenters. The van der Waals surface area contributed by atoms with Gasteiger partial charge in [0, 0.05) is 39.8 Å². The summed E-state index contributed by atoms with van der Waals surface area (Å²) in [5.74, 6) is -0.725. The van der Waals surface area contributed by atoms with Crippen molar-refractivity contribution in [3.8, 4) is 0 Å². The van der Waals surface area contributed by atoms with Crippen LogP contribution in [-0.2, 0) is 11.3 Å². The number of benzene rings is 3. The summed E-state index contributed by atoms with van der Waals surface area (Å²) in [6.07, 6.45) is 3.71. The van der Waals surface area contributed by atoms with Crippen LogP contribution in [0.3, 0.4) is 0 Å². The molecular formula is C27H19ClN2O3S. The summed E-state index contributed by atoms with van der Waals surface area (Å²) < 4.78 is 2.10. The second-order valence-corrected chi connectivity index (χ2v) is 9.34. The molecule has 0 bridgehead atoms. The van der Waals surface area contributed by atoms with E-state index >= 15 is 0 Å². The normalized spacial score (nSPS) is 15.0. The fourth-order valence-electron chi connectivity index (χ4n) is 3.94. The van der Waals surface area contributed by atoms with E-state index in [2.05, 4.69) is 4.57 Å². The van der Waals surface area contributed by atoms with Gasteiger partial charge in [-0.2, -0.15) is 0 Å². The molecule has 7 heteroatoms. The first-order chi connectivity index (χ1) is 16.5. The first-order valence-electron chi connectivity index (χ1n) is 10.7. The van der Waals surface area contributed by atoms with E-state index < -0.39 is 11.1 Å². The summed E-state index contributed by atoms with van der Waals surface area (Å²) in [7, 11) is 0. The van der Waals surface area contributed by atoms with Crippen molar-refractivity contribution in [1.82, 2.24) is 9.47 Å². The molecule has 1 saturated heterocycles. The largest absolute Gasteiger partial charge is 0.342 e. The molecule has 0 saturated carbocycles. The Labute approximate surface area is 205 Å². The number of thioether (sulfide) groups is 1. The third kappa shape index (κ3) is 4.42. The number of rotatable bonds is 6. The van der Waals surface area contributed by atoms with Crippen LogP contribution in [-0.4, -0.2) is 32.9 Å². The van der Waals surface area contributed by atoms with Gasteiger partial charge in [0.05, 0.1) is 11.4 Å². The highest BCUT2D eigenvalue weighted by atomic mass is 35.5. The minimum absolute atomic E-state index is 0.273. The van der Waals surface area contributed by atoms with Gasteiger partial charge in [-0.3, -0.25) is 19.3 Å². The minimum Gasteiger partial charge on any atom is -0.342 e. The van der Waals surface area contributed by atoms with Gasteiger partial charge >= 0.3 is 0 Å². The Morgan fingerprint density at radius 3 is 2.38 bits per heavy atom. The topological polar surface area (TPSA) is 59.4 Å². The van der Waals surface area contributed by atoms with Gasteiger partial charge < -0.3 is 4.57 Å². The average Bonchev–Trinajstić information content (AvgIpc) is 3.33. The fraction of sp³-hybridized carbons (Fsp3) is 0.0741. The third-order valence-corrected chi connectivity index (χ3v) is 6.80. The van der Waals surface area contributed by atoms with E-state index in [0.29, 0.717) is 22.0 Å². The van der Waals surface area contributed by atoms with Crippen molar-refractivity contribution < 1.29 is 14.4 Å². The van der Waals surface area contributed by atoms with Crippen molar-refractivity contribution in [1.29, 1.82) is 0 Å². The van der Waals surface area contributed by atoms with Crippen LogP contribution >= 0.6 is 23.4 Å². The SMILES string of the molecule is O=C(CN1C(=O)S/C(=C\c2cn(Cc3ccc(Cl)cc3)c3ccccc23)C1=O)c1ccccc1. The van der Waals surface area contributed by atoms with Crippen LogP contribution < -0.4 is 0 Å². The number of amides is 2. The lowest BCUT2D eigenvalue weighted by Gasteiger charge is -2.11. The molecule has 1 aromatic heterocycles. The number of hydrogen-bond acceptors (Lipinski definition) is 4. The van der Waals surface area contributed by atoms with Crippen LogP contribution in [0.4, 0.5) is 4.79 Å². The second kappa shape index (κ2) is 9.33. The van der Waals surface area contributed by atoms with E-state index in [4.69, 9.17) is 11.6 Å². The Morgan fingerprint density at radius 1 is 0.912 bits per heavy atom. The molecule has 0 spiro atoms. The first kappa shape index (κ1) is 22.2. The maximum Gasteiger partial charge on any atom is 0.293 e. The summed E-state index contributed by atoms with van der Waals surface area (Å²) in [6.45, 7) is 0.364. The molecule has 5 rings (SSSR count). The number of Topliss-reactive ketones (excluding diaryl/α,β-unsaturated/α-hetero) is 1. The summed E-state index contributed by atoms with van der Waals surface area (Å²) in [5, 5.41) is 1.22. The van der Waals surface area contributed by atoms with Gasteiger partial charge in [0.25, 0.3) is 11.1 Å². The molecule has 34 heavy (non-hydrogen) atoms. The van der Waals surface area contributed by atoms with E-state index in [1.807, 2.05) is 60.8 Å². The number of nitrogens with zero attached hydrogens (tertiary/aromatic N) is 2. The molecule has 0 atom stereocenters. The molecule has 4 aromatic rings. The van der Waals surface area contributed by atoms with Gasteiger partial charge in [-0.05, 0) is 41.6 Å². The maximum absolute atomic E-state index is 13.0. The van der Waals surface area contributed by atoms with Crippen molar-refractivity contribution in [2.24, 2.45) is 0 Å².